The molecule has 0 spiro atoms. The minimum Gasteiger partial charge on any atom is -0.309 e. The van der Waals surface area contributed by atoms with Crippen LogP contribution >= 0.6 is 0 Å². The maximum atomic E-state index is 2.55. The summed E-state index contributed by atoms with van der Waals surface area (Å²) < 4.78 is 0. The zero-order valence-corrected chi connectivity index (χ0v) is 13.7. The van der Waals surface area contributed by atoms with E-state index < -0.39 is 0 Å². The first-order chi connectivity index (χ1) is 10.7. The van der Waals surface area contributed by atoms with Gasteiger partial charge >= 0.3 is 0 Å². The number of allylic oxidation sites excluding steroid dienone is 1. The average molecular weight is 291 g/mol. The van der Waals surface area contributed by atoms with Gasteiger partial charge < -0.3 is 4.90 Å². The van der Waals surface area contributed by atoms with Crippen LogP contribution in [0.1, 0.15) is 31.2 Å². The Morgan fingerprint density at radius 3 is 2.73 bits per heavy atom. The summed E-state index contributed by atoms with van der Waals surface area (Å²) >= 11 is 0. The summed E-state index contributed by atoms with van der Waals surface area (Å²) in [7, 11) is 4.43. The number of benzene rings is 2. The fourth-order valence-corrected chi connectivity index (χ4v) is 4.80. The van der Waals surface area contributed by atoms with Crippen LogP contribution in [0.2, 0.25) is 0 Å². The fraction of sp³-hybridized carbons (Fsp3) is 0.429. The van der Waals surface area contributed by atoms with Crippen molar-refractivity contribution in [2.45, 2.75) is 25.7 Å². The molecule has 22 heavy (non-hydrogen) atoms. The molecule has 1 nitrogen and oxygen atoms in total. The Morgan fingerprint density at radius 1 is 1.09 bits per heavy atom. The molecule has 114 valence electrons. The van der Waals surface area contributed by atoms with Gasteiger partial charge in [0.2, 0.25) is 0 Å². The van der Waals surface area contributed by atoms with Crippen LogP contribution in [-0.2, 0) is 0 Å². The molecule has 2 bridgehead atoms. The summed E-state index contributed by atoms with van der Waals surface area (Å²) in [5, 5.41) is 2.70. The zero-order valence-electron chi connectivity index (χ0n) is 13.7. The van der Waals surface area contributed by atoms with Crippen LogP contribution in [0.5, 0.6) is 0 Å². The summed E-state index contributed by atoms with van der Waals surface area (Å²) in [5.41, 5.74) is 3.44. The van der Waals surface area contributed by atoms with E-state index in [0.29, 0.717) is 5.41 Å². The van der Waals surface area contributed by atoms with Crippen LogP contribution in [-0.4, -0.2) is 25.5 Å². The van der Waals surface area contributed by atoms with Gasteiger partial charge in [-0.2, -0.15) is 0 Å². The average Bonchev–Trinajstić information content (AvgIpc) is 2.83. The lowest BCUT2D eigenvalue weighted by atomic mass is 9.71. The molecule has 0 radical (unpaired) electrons. The highest BCUT2D eigenvalue weighted by molar-refractivity contribution is 5.87. The van der Waals surface area contributed by atoms with E-state index in [1.54, 1.807) is 5.57 Å². The van der Waals surface area contributed by atoms with Crippen molar-refractivity contribution < 1.29 is 0 Å². The van der Waals surface area contributed by atoms with Crippen LogP contribution in [0.4, 0.5) is 0 Å². The highest BCUT2D eigenvalue weighted by Crippen LogP contribution is 2.55. The van der Waals surface area contributed by atoms with Gasteiger partial charge in [0.1, 0.15) is 0 Å². The van der Waals surface area contributed by atoms with Gasteiger partial charge in [0.05, 0.1) is 0 Å². The van der Waals surface area contributed by atoms with Gasteiger partial charge in [-0.05, 0) is 73.7 Å². The molecule has 2 aromatic rings. The Balaban J connectivity index is 1.79. The van der Waals surface area contributed by atoms with Crippen molar-refractivity contribution >= 4 is 16.3 Å². The van der Waals surface area contributed by atoms with Gasteiger partial charge in [-0.3, -0.25) is 0 Å². The highest BCUT2D eigenvalue weighted by Gasteiger charge is 2.44. The summed E-state index contributed by atoms with van der Waals surface area (Å²) in [6, 6.07) is 15.7. The number of hydrogen-bond donors (Lipinski definition) is 0. The molecule has 0 aromatic heterocycles. The van der Waals surface area contributed by atoms with E-state index in [1.807, 2.05) is 0 Å². The Kier molecular flexibility index (Phi) is 3.34. The fourth-order valence-electron chi connectivity index (χ4n) is 4.80. The van der Waals surface area contributed by atoms with Crippen LogP contribution in [0.25, 0.3) is 16.3 Å². The number of nitrogens with zero attached hydrogens (tertiary/aromatic N) is 1. The minimum atomic E-state index is 0.384. The van der Waals surface area contributed by atoms with Gasteiger partial charge in [0.25, 0.3) is 0 Å². The Hall–Kier alpha value is -1.60. The van der Waals surface area contributed by atoms with Crippen LogP contribution < -0.4 is 0 Å². The smallest absolute Gasteiger partial charge is 0.00856 e. The third-order valence-corrected chi connectivity index (χ3v) is 5.62. The van der Waals surface area contributed by atoms with E-state index in [9.17, 15) is 0 Å². The lowest BCUT2D eigenvalue weighted by Gasteiger charge is -2.38. The third kappa shape index (κ3) is 2.28. The van der Waals surface area contributed by atoms with Gasteiger partial charge in [-0.25, -0.2) is 0 Å². The van der Waals surface area contributed by atoms with Crippen molar-refractivity contribution in [1.82, 2.24) is 4.90 Å². The number of fused-ring (bicyclic) bond motifs is 3. The summed E-state index contributed by atoms with van der Waals surface area (Å²) in [4.78, 5) is 2.38. The molecule has 0 amide bonds. The molecule has 1 fully saturated rings. The zero-order chi connectivity index (χ0) is 15.2. The molecular weight excluding hydrogens is 266 g/mol. The number of hydrogen-bond acceptors (Lipinski definition) is 1. The number of rotatable bonds is 3. The van der Waals surface area contributed by atoms with E-state index >= 15 is 0 Å². The first-order valence-corrected chi connectivity index (χ1v) is 8.51. The molecule has 1 heteroatoms. The minimum absolute atomic E-state index is 0.384. The lowest BCUT2D eigenvalue weighted by Crippen LogP contribution is -2.34. The molecule has 0 saturated heterocycles. The Bertz CT molecular complexity index is 728. The predicted octanol–water partition coefficient (Wildman–Crippen LogP) is 4.98. The third-order valence-electron chi connectivity index (χ3n) is 5.62. The molecule has 0 N–H and O–H groups in total. The molecule has 2 atom stereocenters. The topological polar surface area (TPSA) is 3.24 Å². The van der Waals surface area contributed by atoms with Crippen molar-refractivity contribution in [3.63, 3.8) is 0 Å². The second-order valence-electron chi connectivity index (χ2n) is 7.54. The van der Waals surface area contributed by atoms with Crippen molar-refractivity contribution in [2.24, 2.45) is 11.3 Å². The molecule has 0 aliphatic heterocycles. The van der Waals surface area contributed by atoms with Gasteiger partial charge in [-0.15, -0.1) is 0 Å². The summed E-state index contributed by atoms with van der Waals surface area (Å²) in [6.07, 6.45) is 7.96. The summed E-state index contributed by atoms with van der Waals surface area (Å²) in [5.74, 6) is 0.921. The molecule has 2 aliphatic carbocycles. The Labute approximate surface area is 133 Å². The molecule has 2 unspecified atom stereocenters. The van der Waals surface area contributed by atoms with E-state index in [0.717, 1.165) is 5.92 Å². The van der Waals surface area contributed by atoms with Crippen LogP contribution in [0.3, 0.4) is 0 Å². The molecule has 2 aliphatic rings. The SMILES string of the molecule is CN(C)CC12CCC(CC=C1c1ccc3ccccc3c1)C2. The maximum Gasteiger partial charge on any atom is 0.00856 e. The predicted molar refractivity (Wildman–Crippen MR) is 94.9 cm³/mol. The first kappa shape index (κ1) is 14.0. The normalized spacial score (nSPS) is 27.4. The van der Waals surface area contributed by atoms with E-state index in [1.165, 1.54) is 48.6 Å². The quantitative estimate of drug-likeness (QED) is 0.771. The molecule has 4 rings (SSSR count). The van der Waals surface area contributed by atoms with Crippen molar-refractivity contribution in [3.8, 4) is 0 Å². The molecular formula is C21H25N. The second kappa shape index (κ2) is 5.24. The molecule has 0 heterocycles. The van der Waals surface area contributed by atoms with E-state index in [4.69, 9.17) is 0 Å². The van der Waals surface area contributed by atoms with E-state index in [2.05, 4.69) is 67.5 Å². The van der Waals surface area contributed by atoms with Crippen molar-refractivity contribution in [3.05, 3.63) is 54.1 Å². The largest absolute Gasteiger partial charge is 0.309 e. The molecule has 2 aromatic carbocycles. The highest BCUT2D eigenvalue weighted by atomic mass is 15.1. The van der Waals surface area contributed by atoms with Gasteiger partial charge in [-0.1, -0.05) is 42.5 Å². The van der Waals surface area contributed by atoms with Crippen molar-refractivity contribution in [1.29, 1.82) is 0 Å². The van der Waals surface area contributed by atoms with Gasteiger partial charge in [0.15, 0.2) is 0 Å². The van der Waals surface area contributed by atoms with Crippen molar-refractivity contribution in [2.75, 3.05) is 20.6 Å². The van der Waals surface area contributed by atoms with E-state index in [-0.39, 0.29) is 0 Å². The summed E-state index contributed by atoms with van der Waals surface area (Å²) in [6.45, 7) is 1.18. The lowest BCUT2D eigenvalue weighted by molar-refractivity contribution is 0.255. The first-order valence-electron chi connectivity index (χ1n) is 8.51. The van der Waals surface area contributed by atoms with Crippen LogP contribution in [0.15, 0.2) is 48.5 Å². The second-order valence-corrected chi connectivity index (χ2v) is 7.54. The van der Waals surface area contributed by atoms with Gasteiger partial charge in [0, 0.05) is 12.0 Å². The Morgan fingerprint density at radius 2 is 1.91 bits per heavy atom. The standard InChI is InChI=1S/C21H25N/c1-22(2)15-21-12-11-16(14-21)7-10-20(21)19-9-8-17-5-3-4-6-18(17)13-19/h3-6,8-10,13,16H,7,11-12,14-15H2,1-2H3. The van der Waals surface area contributed by atoms with Crippen LogP contribution in [0, 0.1) is 11.3 Å². The maximum absolute atomic E-state index is 2.55. The molecule has 1 saturated carbocycles. The monoisotopic (exact) mass is 291 g/mol.